The van der Waals surface area contributed by atoms with Crippen molar-refractivity contribution in [2.45, 2.75) is 12.8 Å². The van der Waals surface area contributed by atoms with Crippen molar-refractivity contribution >= 4 is 17.6 Å². The lowest BCUT2D eigenvalue weighted by Gasteiger charge is -2.05. The van der Waals surface area contributed by atoms with Gasteiger partial charge in [-0.15, -0.1) is 0 Å². The number of rotatable bonds is 4. The van der Waals surface area contributed by atoms with Crippen molar-refractivity contribution in [2.24, 2.45) is 7.05 Å². The summed E-state index contributed by atoms with van der Waals surface area (Å²) in [5, 5.41) is 9.08. The third-order valence-electron chi connectivity index (χ3n) is 2.77. The molecule has 0 saturated carbocycles. The molecule has 0 saturated heterocycles. The van der Waals surface area contributed by atoms with E-state index in [1.807, 2.05) is 41.9 Å². The second-order valence-electron chi connectivity index (χ2n) is 3.99. The van der Waals surface area contributed by atoms with E-state index in [0.717, 1.165) is 17.1 Å². The minimum absolute atomic E-state index is 0.0491. The van der Waals surface area contributed by atoms with Gasteiger partial charge in [-0.2, -0.15) is 0 Å². The molecule has 94 valence electrons. The first-order chi connectivity index (χ1) is 8.59. The van der Waals surface area contributed by atoms with Crippen molar-refractivity contribution in [3.8, 4) is 11.4 Å². The maximum Gasteiger partial charge on any atom is 0.303 e. The number of hydrogen-bond donors (Lipinski definition) is 1. The van der Waals surface area contributed by atoms with Crippen molar-refractivity contribution in [3.05, 3.63) is 41.2 Å². The third-order valence-corrected chi connectivity index (χ3v) is 3.08. The lowest BCUT2D eigenvalue weighted by Crippen LogP contribution is -2.03. The lowest BCUT2D eigenvalue weighted by molar-refractivity contribution is -0.136. The SMILES string of the molecule is Cn1c(-c2ccccc2)nc(Cl)c1CCC(=O)O. The molecule has 0 unspecified atom stereocenters. The van der Waals surface area contributed by atoms with Crippen LogP contribution < -0.4 is 0 Å². The van der Waals surface area contributed by atoms with Crippen molar-refractivity contribution in [1.82, 2.24) is 9.55 Å². The van der Waals surface area contributed by atoms with Gasteiger partial charge in [-0.1, -0.05) is 41.9 Å². The molecule has 0 aliphatic rings. The smallest absolute Gasteiger partial charge is 0.303 e. The Morgan fingerprint density at radius 1 is 1.39 bits per heavy atom. The molecule has 1 aromatic heterocycles. The standard InChI is InChI=1S/C13H13ClN2O2/c1-16-10(7-8-11(17)18)12(14)15-13(16)9-5-3-2-4-6-9/h2-6H,7-8H2,1H3,(H,17,18). The number of carboxylic acids is 1. The normalized spacial score (nSPS) is 10.6. The quantitative estimate of drug-likeness (QED) is 0.924. The summed E-state index contributed by atoms with van der Waals surface area (Å²) in [6, 6.07) is 9.67. The van der Waals surface area contributed by atoms with Gasteiger partial charge in [-0.05, 0) is 0 Å². The van der Waals surface area contributed by atoms with Crippen LogP contribution >= 0.6 is 11.6 Å². The van der Waals surface area contributed by atoms with E-state index >= 15 is 0 Å². The summed E-state index contributed by atoms with van der Waals surface area (Å²) in [5.41, 5.74) is 1.71. The van der Waals surface area contributed by atoms with Crippen LogP contribution in [0.25, 0.3) is 11.4 Å². The van der Waals surface area contributed by atoms with Gasteiger partial charge in [-0.25, -0.2) is 4.98 Å². The maximum absolute atomic E-state index is 10.6. The summed E-state index contributed by atoms with van der Waals surface area (Å²) in [5.74, 6) is -0.0884. The largest absolute Gasteiger partial charge is 0.481 e. The van der Waals surface area contributed by atoms with Crippen molar-refractivity contribution in [2.75, 3.05) is 0 Å². The molecule has 0 atom stereocenters. The molecule has 0 amide bonds. The van der Waals surface area contributed by atoms with Crippen LogP contribution in [-0.2, 0) is 18.3 Å². The van der Waals surface area contributed by atoms with Crippen molar-refractivity contribution in [1.29, 1.82) is 0 Å². The maximum atomic E-state index is 10.6. The van der Waals surface area contributed by atoms with E-state index in [9.17, 15) is 4.79 Å². The minimum atomic E-state index is -0.839. The molecule has 18 heavy (non-hydrogen) atoms. The number of carbonyl (C=O) groups is 1. The number of halogens is 1. The predicted octanol–water partition coefficient (Wildman–Crippen LogP) is 2.76. The van der Waals surface area contributed by atoms with E-state index in [-0.39, 0.29) is 6.42 Å². The number of imidazole rings is 1. The molecule has 0 fully saturated rings. The van der Waals surface area contributed by atoms with Gasteiger partial charge in [0.1, 0.15) is 5.82 Å². The molecule has 0 spiro atoms. The highest BCUT2D eigenvalue weighted by Gasteiger charge is 2.15. The Morgan fingerprint density at radius 3 is 2.67 bits per heavy atom. The average Bonchev–Trinajstić information content (AvgIpc) is 2.63. The summed E-state index contributed by atoms with van der Waals surface area (Å²) >= 11 is 6.06. The zero-order valence-electron chi connectivity index (χ0n) is 9.93. The highest BCUT2D eigenvalue weighted by molar-refractivity contribution is 6.30. The first-order valence-corrected chi connectivity index (χ1v) is 5.95. The van der Waals surface area contributed by atoms with Gasteiger partial charge in [-0.3, -0.25) is 4.79 Å². The molecule has 5 heteroatoms. The Kier molecular flexibility index (Phi) is 3.67. The summed E-state index contributed by atoms with van der Waals surface area (Å²) < 4.78 is 1.85. The second kappa shape index (κ2) is 5.23. The summed E-state index contributed by atoms with van der Waals surface area (Å²) in [4.78, 5) is 14.9. The van der Waals surface area contributed by atoms with E-state index in [1.54, 1.807) is 0 Å². The fourth-order valence-corrected chi connectivity index (χ4v) is 2.14. The van der Waals surface area contributed by atoms with Gasteiger partial charge < -0.3 is 9.67 Å². The molecular formula is C13H13ClN2O2. The van der Waals surface area contributed by atoms with Gasteiger partial charge in [0.15, 0.2) is 5.15 Å². The second-order valence-corrected chi connectivity index (χ2v) is 4.35. The van der Waals surface area contributed by atoms with Crippen molar-refractivity contribution < 1.29 is 9.90 Å². The van der Waals surface area contributed by atoms with Crippen LogP contribution in [0, 0.1) is 0 Å². The number of aromatic nitrogens is 2. The molecule has 2 aromatic rings. The first-order valence-electron chi connectivity index (χ1n) is 5.58. The lowest BCUT2D eigenvalue weighted by atomic mass is 10.2. The average molecular weight is 265 g/mol. The van der Waals surface area contributed by atoms with Gasteiger partial charge >= 0.3 is 5.97 Å². The highest BCUT2D eigenvalue weighted by Crippen LogP contribution is 2.25. The molecule has 1 heterocycles. The summed E-state index contributed by atoms with van der Waals surface area (Å²) in [7, 11) is 1.85. The van der Waals surface area contributed by atoms with Crippen LogP contribution in [0.3, 0.4) is 0 Å². The number of nitrogens with zero attached hydrogens (tertiary/aromatic N) is 2. The van der Waals surface area contributed by atoms with Crippen LogP contribution in [0.4, 0.5) is 0 Å². The highest BCUT2D eigenvalue weighted by atomic mass is 35.5. The number of carboxylic acid groups (broad SMARTS) is 1. The molecule has 0 radical (unpaired) electrons. The molecule has 0 aliphatic heterocycles. The van der Waals surface area contributed by atoms with E-state index in [2.05, 4.69) is 4.98 Å². The monoisotopic (exact) mass is 264 g/mol. The van der Waals surface area contributed by atoms with E-state index in [4.69, 9.17) is 16.7 Å². The zero-order chi connectivity index (χ0) is 13.1. The summed E-state index contributed by atoms with van der Waals surface area (Å²) in [6.45, 7) is 0. The van der Waals surface area contributed by atoms with Gasteiger partial charge in [0, 0.05) is 19.0 Å². The van der Waals surface area contributed by atoms with Crippen LogP contribution in [0.5, 0.6) is 0 Å². The molecule has 2 rings (SSSR count). The molecule has 0 aliphatic carbocycles. The molecule has 1 aromatic carbocycles. The summed E-state index contributed by atoms with van der Waals surface area (Å²) in [6.07, 6.45) is 0.429. The Hall–Kier alpha value is -1.81. The molecule has 1 N–H and O–H groups in total. The predicted molar refractivity (Wildman–Crippen MR) is 69.6 cm³/mol. The van der Waals surface area contributed by atoms with Crippen LogP contribution in [0.2, 0.25) is 5.15 Å². The molecule has 4 nitrogen and oxygen atoms in total. The number of aliphatic carboxylic acids is 1. The van der Waals surface area contributed by atoms with Crippen LogP contribution in [0.15, 0.2) is 30.3 Å². The van der Waals surface area contributed by atoms with E-state index < -0.39 is 5.97 Å². The Balaban J connectivity index is 2.35. The van der Waals surface area contributed by atoms with Gasteiger partial charge in [0.2, 0.25) is 0 Å². The van der Waals surface area contributed by atoms with E-state index in [0.29, 0.717) is 11.6 Å². The number of hydrogen-bond acceptors (Lipinski definition) is 2. The Labute approximate surface area is 110 Å². The van der Waals surface area contributed by atoms with Crippen LogP contribution in [0.1, 0.15) is 12.1 Å². The third kappa shape index (κ3) is 2.54. The zero-order valence-corrected chi connectivity index (χ0v) is 10.7. The molecule has 0 bridgehead atoms. The Bertz CT molecular complexity index is 564. The van der Waals surface area contributed by atoms with E-state index in [1.165, 1.54) is 0 Å². The topological polar surface area (TPSA) is 55.1 Å². The fraction of sp³-hybridized carbons (Fsp3) is 0.231. The fourth-order valence-electron chi connectivity index (χ4n) is 1.84. The van der Waals surface area contributed by atoms with Crippen molar-refractivity contribution in [3.63, 3.8) is 0 Å². The molecular weight excluding hydrogens is 252 g/mol. The minimum Gasteiger partial charge on any atom is -0.481 e. The Morgan fingerprint density at radius 2 is 2.06 bits per heavy atom. The van der Waals surface area contributed by atoms with Gasteiger partial charge in [0.25, 0.3) is 0 Å². The first kappa shape index (κ1) is 12.6. The van der Waals surface area contributed by atoms with Crippen LogP contribution in [-0.4, -0.2) is 20.6 Å². The number of benzene rings is 1. The van der Waals surface area contributed by atoms with Gasteiger partial charge in [0.05, 0.1) is 12.1 Å².